The van der Waals surface area contributed by atoms with Crippen molar-refractivity contribution in [2.75, 3.05) is 13.1 Å². The maximum absolute atomic E-state index is 12.6. The Morgan fingerprint density at radius 3 is 2.71 bits per heavy atom. The van der Waals surface area contributed by atoms with Crippen LogP contribution < -0.4 is 10.6 Å². The molecule has 5 nitrogen and oxygen atoms in total. The lowest BCUT2D eigenvalue weighted by Crippen LogP contribution is -2.57. The molecule has 0 bridgehead atoms. The van der Waals surface area contributed by atoms with Crippen molar-refractivity contribution >= 4 is 35.1 Å². The van der Waals surface area contributed by atoms with E-state index in [-0.39, 0.29) is 18.5 Å². The van der Waals surface area contributed by atoms with Gasteiger partial charge >= 0.3 is 6.03 Å². The van der Waals surface area contributed by atoms with Crippen LogP contribution in [0.4, 0.5) is 4.79 Å². The molecule has 2 fully saturated rings. The summed E-state index contributed by atoms with van der Waals surface area (Å²) in [6.45, 7) is 1.55. The topological polar surface area (TPSA) is 61.4 Å². The van der Waals surface area contributed by atoms with Gasteiger partial charge in [-0.05, 0) is 37.1 Å². The summed E-state index contributed by atoms with van der Waals surface area (Å²) < 4.78 is 0. The summed E-state index contributed by atoms with van der Waals surface area (Å²) in [4.78, 5) is 26.0. The van der Waals surface area contributed by atoms with E-state index in [9.17, 15) is 9.59 Å². The van der Waals surface area contributed by atoms with Gasteiger partial charge in [0.05, 0.1) is 16.6 Å². The predicted octanol–water partition coefficient (Wildman–Crippen LogP) is 2.17. The van der Waals surface area contributed by atoms with Gasteiger partial charge in [0.25, 0.3) is 5.91 Å². The second-order valence-corrected chi connectivity index (χ2v) is 6.25. The number of benzene rings is 1. The first-order chi connectivity index (χ1) is 10.0. The number of imide groups is 1. The van der Waals surface area contributed by atoms with Crippen molar-refractivity contribution in [1.29, 1.82) is 0 Å². The molecule has 1 unspecified atom stereocenters. The standard InChI is InChI=1S/C14H15Cl2N3O2/c15-10-3-2-9(6-11(10)16)7-19-12(20)14(18-13(19)21)4-1-5-17-8-14/h2-3,6,17H,1,4-5,7-8H2,(H,18,21). The van der Waals surface area contributed by atoms with Crippen LogP contribution in [0.2, 0.25) is 10.0 Å². The molecule has 0 saturated carbocycles. The van der Waals surface area contributed by atoms with Crippen molar-refractivity contribution in [2.45, 2.75) is 24.9 Å². The molecule has 3 amide bonds. The Labute approximate surface area is 132 Å². The van der Waals surface area contributed by atoms with Crippen molar-refractivity contribution < 1.29 is 9.59 Å². The number of hydrogen-bond acceptors (Lipinski definition) is 3. The normalized spacial score (nSPS) is 25.5. The first-order valence-corrected chi connectivity index (χ1v) is 7.56. The SMILES string of the molecule is O=C1NC2(CCCNC2)C(=O)N1Cc1ccc(Cl)c(Cl)c1. The Morgan fingerprint density at radius 1 is 1.24 bits per heavy atom. The third-order valence-electron chi connectivity index (χ3n) is 3.95. The molecule has 1 atom stereocenters. The van der Waals surface area contributed by atoms with E-state index in [4.69, 9.17) is 23.2 Å². The molecule has 0 radical (unpaired) electrons. The van der Waals surface area contributed by atoms with E-state index in [0.717, 1.165) is 18.5 Å². The third-order valence-corrected chi connectivity index (χ3v) is 4.69. The number of carbonyl (C=O) groups is 2. The molecular weight excluding hydrogens is 313 g/mol. The van der Waals surface area contributed by atoms with Crippen molar-refractivity contribution in [2.24, 2.45) is 0 Å². The maximum atomic E-state index is 12.6. The van der Waals surface area contributed by atoms with E-state index < -0.39 is 5.54 Å². The van der Waals surface area contributed by atoms with Gasteiger partial charge in [0.15, 0.2) is 0 Å². The Bertz CT molecular complexity index is 600. The van der Waals surface area contributed by atoms with E-state index >= 15 is 0 Å². The number of halogens is 2. The molecule has 1 aromatic rings. The molecule has 0 aromatic heterocycles. The highest BCUT2D eigenvalue weighted by molar-refractivity contribution is 6.42. The van der Waals surface area contributed by atoms with Crippen molar-refractivity contribution in [3.63, 3.8) is 0 Å². The summed E-state index contributed by atoms with van der Waals surface area (Å²) in [5.41, 5.74) is -0.0142. The lowest BCUT2D eigenvalue weighted by Gasteiger charge is -2.31. The third kappa shape index (κ3) is 2.61. The van der Waals surface area contributed by atoms with Crippen LogP contribution in [-0.4, -0.2) is 35.5 Å². The van der Waals surface area contributed by atoms with Gasteiger partial charge in [-0.1, -0.05) is 29.3 Å². The average Bonchev–Trinajstić information content (AvgIpc) is 2.68. The summed E-state index contributed by atoms with van der Waals surface area (Å²) in [5, 5.41) is 6.86. The van der Waals surface area contributed by atoms with Gasteiger partial charge in [-0.3, -0.25) is 9.69 Å². The number of carbonyl (C=O) groups excluding carboxylic acids is 2. The molecule has 2 aliphatic rings. The minimum absolute atomic E-state index is 0.175. The quantitative estimate of drug-likeness (QED) is 0.818. The first-order valence-electron chi connectivity index (χ1n) is 6.81. The van der Waals surface area contributed by atoms with Gasteiger partial charge < -0.3 is 10.6 Å². The van der Waals surface area contributed by atoms with Gasteiger partial charge in [-0.2, -0.15) is 0 Å². The van der Waals surface area contributed by atoms with Crippen molar-refractivity contribution in [3.05, 3.63) is 33.8 Å². The molecule has 112 valence electrons. The van der Waals surface area contributed by atoms with Gasteiger partial charge in [0.2, 0.25) is 0 Å². The molecular formula is C14H15Cl2N3O2. The number of rotatable bonds is 2. The summed E-state index contributed by atoms with van der Waals surface area (Å²) in [5.74, 6) is -0.175. The molecule has 1 aromatic carbocycles. The minimum atomic E-state index is -0.786. The molecule has 2 saturated heterocycles. The summed E-state index contributed by atoms with van der Waals surface area (Å²) in [6.07, 6.45) is 1.54. The molecule has 0 aliphatic carbocycles. The molecule has 2 N–H and O–H groups in total. The van der Waals surface area contributed by atoms with Gasteiger partial charge in [0, 0.05) is 6.54 Å². The number of hydrogen-bond donors (Lipinski definition) is 2. The number of amides is 3. The van der Waals surface area contributed by atoms with E-state index in [1.165, 1.54) is 4.90 Å². The Hall–Kier alpha value is -1.30. The van der Waals surface area contributed by atoms with Crippen LogP contribution in [0.15, 0.2) is 18.2 Å². The number of piperidine rings is 1. The average molecular weight is 328 g/mol. The van der Waals surface area contributed by atoms with E-state index in [0.29, 0.717) is 23.0 Å². The zero-order valence-corrected chi connectivity index (χ0v) is 12.8. The van der Waals surface area contributed by atoms with Crippen LogP contribution >= 0.6 is 23.2 Å². The highest BCUT2D eigenvalue weighted by atomic mass is 35.5. The number of urea groups is 1. The molecule has 2 heterocycles. The van der Waals surface area contributed by atoms with Crippen LogP contribution in [0.1, 0.15) is 18.4 Å². The smallest absolute Gasteiger partial charge is 0.322 e. The second-order valence-electron chi connectivity index (χ2n) is 5.43. The fourth-order valence-electron chi connectivity index (χ4n) is 2.83. The van der Waals surface area contributed by atoms with Crippen LogP contribution in [-0.2, 0) is 11.3 Å². The van der Waals surface area contributed by atoms with Gasteiger partial charge in [-0.25, -0.2) is 4.79 Å². The first kappa shape index (κ1) is 14.6. The fraction of sp³-hybridized carbons (Fsp3) is 0.429. The van der Waals surface area contributed by atoms with Crippen molar-refractivity contribution in [3.8, 4) is 0 Å². The van der Waals surface area contributed by atoms with E-state index in [1.54, 1.807) is 18.2 Å². The van der Waals surface area contributed by atoms with Crippen LogP contribution in [0.5, 0.6) is 0 Å². The predicted molar refractivity (Wildman–Crippen MR) is 80.4 cm³/mol. The number of nitrogens with zero attached hydrogens (tertiary/aromatic N) is 1. The van der Waals surface area contributed by atoms with E-state index in [2.05, 4.69) is 10.6 Å². The van der Waals surface area contributed by atoms with Crippen molar-refractivity contribution in [1.82, 2.24) is 15.5 Å². The summed E-state index contributed by atoms with van der Waals surface area (Å²) in [7, 11) is 0. The molecule has 7 heteroatoms. The Kier molecular flexibility index (Phi) is 3.82. The lowest BCUT2D eigenvalue weighted by molar-refractivity contribution is -0.132. The monoisotopic (exact) mass is 327 g/mol. The zero-order valence-electron chi connectivity index (χ0n) is 11.3. The second kappa shape index (κ2) is 5.48. The lowest BCUT2D eigenvalue weighted by atomic mass is 9.90. The molecule has 2 aliphatic heterocycles. The molecule has 21 heavy (non-hydrogen) atoms. The Balaban J connectivity index is 1.80. The molecule has 1 spiro atoms. The molecule has 3 rings (SSSR count). The van der Waals surface area contributed by atoms with Gasteiger partial charge in [-0.15, -0.1) is 0 Å². The van der Waals surface area contributed by atoms with Crippen LogP contribution in [0, 0.1) is 0 Å². The largest absolute Gasteiger partial charge is 0.325 e. The van der Waals surface area contributed by atoms with Gasteiger partial charge in [0.1, 0.15) is 5.54 Å². The zero-order chi connectivity index (χ0) is 15.0. The van der Waals surface area contributed by atoms with E-state index in [1.807, 2.05) is 0 Å². The highest BCUT2D eigenvalue weighted by Crippen LogP contribution is 2.28. The summed E-state index contributed by atoms with van der Waals surface area (Å²) >= 11 is 11.8. The number of nitrogens with one attached hydrogen (secondary N) is 2. The van der Waals surface area contributed by atoms with Crippen LogP contribution in [0.3, 0.4) is 0 Å². The summed E-state index contributed by atoms with van der Waals surface area (Å²) in [6, 6.07) is 4.75. The fourth-order valence-corrected chi connectivity index (χ4v) is 3.16. The Morgan fingerprint density at radius 2 is 2.05 bits per heavy atom. The highest BCUT2D eigenvalue weighted by Gasteiger charge is 2.51. The minimum Gasteiger partial charge on any atom is -0.322 e. The van der Waals surface area contributed by atoms with Crippen LogP contribution in [0.25, 0.3) is 0 Å². The maximum Gasteiger partial charge on any atom is 0.325 e.